The summed E-state index contributed by atoms with van der Waals surface area (Å²) in [6, 6.07) is 0.266. The van der Waals surface area contributed by atoms with E-state index in [0.717, 1.165) is 32.4 Å². The molecule has 0 aromatic rings. The van der Waals surface area contributed by atoms with Crippen LogP contribution in [0.4, 0.5) is 4.39 Å². The Bertz CT molecular complexity index is 280. The maximum atomic E-state index is 12.9. The van der Waals surface area contributed by atoms with Crippen LogP contribution >= 0.6 is 0 Å². The third-order valence-electron chi connectivity index (χ3n) is 4.17. The Balaban J connectivity index is 4.42. The van der Waals surface area contributed by atoms with E-state index >= 15 is 0 Å². The van der Waals surface area contributed by atoms with Crippen LogP contribution in [0.2, 0.25) is 0 Å². The number of hydrogen-bond acceptors (Lipinski definition) is 4. The molecule has 0 saturated heterocycles. The average molecular weight is 319 g/mol. The summed E-state index contributed by atoms with van der Waals surface area (Å²) in [5.74, 6) is -0.492. The van der Waals surface area contributed by atoms with E-state index in [2.05, 4.69) is 29.5 Å². The third-order valence-corrected chi connectivity index (χ3v) is 4.17. The van der Waals surface area contributed by atoms with Gasteiger partial charge in [0.05, 0.1) is 6.67 Å². The highest BCUT2D eigenvalue weighted by atomic mass is 19.1. The molecule has 0 aromatic carbocycles. The van der Waals surface area contributed by atoms with E-state index in [1.165, 1.54) is 0 Å². The number of carboxylic acid groups (broad SMARTS) is 1. The van der Waals surface area contributed by atoms with Crippen LogP contribution in [0.5, 0.6) is 0 Å². The van der Waals surface area contributed by atoms with Crippen LogP contribution in [0.25, 0.3) is 0 Å². The maximum absolute atomic E-state index is 12.9. The number of nitrogens with one attached hydrogen (secondary N) is 2. The molecule has 132 valence electrons. The average Bonchev–Trinajstić information content (AvgIpc) is 2.50. The van der Waals surface area contributed by atoms with E-state index in [4.69, 9.17) is 5.11 Å². The molecule has 0 aromatic heterocycles. The highest BCUT2D eigenvalue weighted by Crippen LogP contribution is 2.21. The standard InChI is InChI=1S/C16H34FN3O2/c1-4-20(3)12-10-15(19-13-18-2)14(9-11-17)7-5-6-8-16(21)22/h14-15,18-19H,4-13H2,1-3H3,(H,21,22)/t14-,15?/m0/s1. The summed E-state index contributed by atoms with van der Waals surface area (Å²) in [6.45, 7) is 4.51. The normalized spacial score (nSPS) is 14.2. The van der Waals surface area contributed by atoms with Crippen LogP contribution in [-0.2, 0) is 4.79 Å². The first-order valence-electron chi connectivity index (χ1n) is 8.39. The summed E-state index contributed by atoms with van der Waals surface area (Å²) < 4.78 is 12.9. The summed E-state index contributed by atoms with van der Waals surface area (Å²) in [6.07, 6.45) is 4.13. The van der Waals surface area contributed by atoms with Crippen LogP contribution in [-0.4, -0.2) is 62.5 Å². The molecule has 0 aliphatic rings. The predicted molar refractivity (Wildman–Crippen MR) is 88.8 cm³/mol. The first-order chi connectivity index (χ1) is 10.5. The molecule has 0 fully saturated rings. The van der Waals surface area contributed by atoms with E-state index in [-0.39, 0.29) is 25.1 Å². The lowest BCUT2D eigenvalue weighted by Gasteiger charge is -2.29. The fourth-order valence-electron chi connectivity index (χ4n) is 2.62. The molecule has 2 atom stereocenters. The van der Waals surface area contributed by atoms with Gasteiger partial charge >= 0.3 is 5.97 Å². The lowest BCUT2D eigenvalue weighted by Crippen LogP contribution is -2.42. The summed E-state index contributed by atoms with van der Waals surface area (Å²) in [7, 11) is 3.98. The molecule has 3 N–H and O–H groups in total. The van der Waals surface area contributed by atoms with Gasteiger partial charge in [0, 0.05) is 19.1 Å². The zero-order chi connectivity index (χ0) is 16.8. The molecule has 0 radical (unpaired) electrons. The number of rotatable bonds is 15. The van der Waals surface area contributed by atoms with Crippen molar-refractivity contribution in [3.8, 4) is 0 Å². The van der Waals surface area contributed by atoms with Crippen LogP contribution in [0.1, 0.15) is 45.4 Å². The predicted octanol–water partition coefficient (Wildman–Crippen LogP) is 2.08. The fourth-order valence-corrected chi connectivity index (χ4v) is 2.62. The molecule has 0 spiro atoms. The summed E-state index contributed by atoms with van der Waals surface area (Å²) in [4.78, 5) is 12.8. The minimum atomic E-state index is -0.753. The molecule has 0 aliphatic heterocycles. The number of carbonyl (C=O) groups is 1. The highest BCUT2D eigenvalue weighted by molar-refractivity contribution is 5.66. The van der Waals surface area contributed by atoms with Crippen molar-refractivity contribution in [1.29, 1.82) is 0 Å². The zero-order valence-corrected chi connectivity index (χ0v) is 14.4. The smallest absolute Gasteiger partial charge is 0.303 e. The van der Waals surface area contributed by atoms with Gasteiger partial charge in [0.15, 0.2) is 0 Å². The molecule has 6 heteroatoms. The van der Waals surface area contributed by atoms with Crippen LogP contribution in [0.3, 0.4) is 0 Å². The number of aliphatic carboxylic acids is 1. The number of halogens is 1. The first kappa shape index (κ1) is 21.3. The van der Waals surface area contributed by atoms with E-state index < -0.39 is 5.97 Å². The molecule has 0 rings (SSSR count). The lowest BCUT2D eigenvalue weighted by atomic mass is 9.88. The van der Waals surface area contributed by atoms with Crippen molar-refractivity contribution in [3.63, 3.8) is 0 Å². The van der Waals surface area contributed by atoms with Crippen LogP contribution in [0, 0.1) is 5.92 Å². The molecule has 0 amide bonds. The maximum Gasteiger partial charge on any atom is 0.303 e. The van der Waals surface area contributed by atoms with Gasteiger partial charge in [-0.15, -0.1) is 0 Å². The van der Waals surface area contributed by atoms with Gasteiger partial charge in [0.1, 0.15) is 0 Å². The van der Waals surface area contributed by atoms with E-state index in [0.29, 0.717) is 19.5 Å². The first-order valence-corrected chi connectivity index (χ1v) is 8.39. The molecule has 0 saturated carbocycles. The Morgan fingerprint density at radius 2 is 2.00 bits per heavy atom. The van der Waals surface area contributed by atoms with Gasteiger partial charge in [-0.1, -0.05) is 13.3 Å². The Labute approximate surface area is 134 Å². The van der Waals surface area contributed by atoms with Gasteiger partial charge in [-0.05, 0) is 58.8 Å². The number of alkyl halides is 1. The Morgan fingerprint density at radius 3 is 2.55 bits per heavy atom. The van der Waals surface area contributed by atoms with Gasteiger partial charge in [0.2, 0.25) is 0 Å². The van der Waals surface area contributed by atoms with Crippen molar-refractivity contribution in [2.45, 2.75) is 51.5 Å². The highest BCUT2D eigenvalue weighted by Gasteiger charge is 2.21. The molecule has 0 heterocycles. The fraction of sp³-hybridized carbons (Fsp3) is 0.938. The van der Waals surface area contributed by atoms with E-state index in [1.807, 2.05) is 7.05 Å². The topological polar surface area (TPSA) is 64.6 Å². The molecule has 0 bridgehead atoms. The molecular formula is C16H34FN3O2. The second-order valence-corrected chi connectivity index (χ2v) is 5.90. The van der Waals surface area contributed by atoms with E-state index in [1.54, 1.807) is 0 Å². The number of nitrogens with zero attached hydrogens (tertiary/aromatic N) is 1. The van der Waals surface area contributed by atoms with Crippen molar-refractivity contribution >= 4 is 5.97 Å². The Morgan fingerprint density at radius 1 is 1.27 bits per heavy atom. The van der Waals surface area contributed by atoms with Crippen molar-refractivity contribution in [2.75, 3.05) is 40.5 Å². The third kappa shape index (κ3) is 10.9. The van der Waals surface area contributed by atoms with Crippen molar-refractivity contribution in [3.05, 3.63) is 0 Å². The van der Waals surface area contributed by atoms with Gasteiger partial charge in [-0.25, -0.2) is 0 Å². The SMILES string of the molecule is CCN(C)CCC(NCNC)[C@H](CCF)CCCCC(=O)O. The Hall–Kier alpha value is -0.720. The monoisotopic (exact) mass is 319 g/mol. The summed E-state index contributed by atoms with van der Waals surface area (Å²) >= 11 is 0. The van der Waals surface area contributed by atoms with Gasteiger partial charge in [0.25, 0.3) is 0 Å². The number of carboxylic acids is 1. The summed E-state index contributed by atoms with van der Waals surface area (Å²) in [5.41, 5.74) is 0. The van der Waals surface area contributed by atoms with Crippen molar-refractivity contribution in [1.82, 2.24) is 15.5 Å². The number of unbranched alkanes of at least 4 members (excludes halogenated alkanes) is 1. The second kappa shape index (κ2) is 13.9. The van der Waals surface area contributed by atoms with Crippen molar-refractivity contribution in [2.24, 2.45) is 5.92 Å². The molecule has 5 nitrogen and oxygen atoms in total. The van der Waals surface area contributed by atoms with Gasteiger partial charge < -0.3 is 20.6 Å². The van der Waals surface area contributed by atoms with Gasteiger partial charge in [-0.3, -0.25) is 9.18 Å². The molecular weight excluding hydrogens is 285 g/mol. The quantitative estimate of drug-likeness (QED) is 0.319. The zero-order valence-electron chi connectivity index (χ0n) is 14.4. The lowest BCUT2D eigenvalue weighted by molar-refractivity contribution is -0.137. The largest absolute Gasteiger partial charge is 0.481 e. The molecule has 0 aliphatic carbocycles. The summed E-state index contributed by atoms with van der Waals surface area (Å²) in [5, 5.41) is 15.2. The molecule has 1 unspecified atom stereocenters. The van der Waals surface area contributed by atoms with Gasteiger partial charge in [-0.2, -0.15) is 0 Å². The minimum Gasteiger partial charge on any atom is -0.481 e. The number of hydrogen-bond donors (Lipinski definition) is 3. The second-order valence-electron chi connectivity index (χ2n) is 5.90. The molecule has 22 heavy (non-hydrogen) atoms. The Kier molecular flexibility index (Phi) is 13.5. The van der Waals surface area contributed by atoms with Crippen molar-refractivity contribution < 1.29 is 14.3 Å². The van der Waals surface area contributed by atoms with E-state index in [9.17, 15) is 9.18 Å². The van der Waals surface area contributed by atoms with Crippen LogP contribution in [0.15, 0.2) is 0 Å². The minimum absolute atomic E-state index is 0.204. The van der Waals surface area contributed by atoms with Crippen LogP contribution < -0.4 is 10.6 Å².